The summed E-state index contributed by atoms with van der Waals surface area (Å²) in [6.45, 7) is 0.691. The van der Waals surface area contributed by atoms with E-state index in [1.807, 2.05) is 6.07 Å². The van der Waals surface area contributed by atoms with Gasteiger partial charge in [-0.05, 0) is 56.0 Å². The van der Waals surface area contributed by atoms with Crippen LogP contribution in [0.2, 0.25) is 5.02 Å². The maximum Gasteiger partial charge on any atom is 0.261 e. The molecule has 1 saturated carbocycles. The highest BCUT2D eigenvalue weighted by Gasteiger charge is 2.31. The van der Waals surface area contributed by atoms with Crippen molar-refractivity contribution in [1.29, 1.82) is 0 Å². The molecular formula is C23H28ClN3O4. The number of aliphatic hydroxyl groups excluding tert-OH is 1. The standard InChI is InChI=1S/C23H28ClN3O4/c24-16-1-7-20(8-2-16)30-14-19(28)12-26-17-3-5-18(6-4-17)27-23(29)21-11-15-9-10-25-13-22(15)31-21/h1-2,7-10,13,17-19,21,26,28H,3-6,11-12,14H2,(H,27,29)/t17-,18-,19?,21?. The van der Waals surface area contributed by atoms with E-state index in [1.165, 1.54) is 0 Å². The third-order valence-electron chi connectivity index (χ3n) is 5.81. The number of hydrogen-bond acceptors (Lipinski definition) is 6. The van der Waals surface area contributed by atoms with Crippen LogP contribution in [0.3, 0.4) is 0 Å². The van der Waals surface area contributed by atoms with E-state index in [-0.39, 0.29) is 18.6 Å². The number of halogens is 1. The Kier molecular flexibility index (Phi) is 7.27. The second-order valence-corrected chi connectivity index (χ2v) is 8.61. The Balaban J connectivity index is 1.12. The third-order valence-corrected chi connectivity index (χ3v) is 6.06. The molecule has 0 saturated heterocycles. The number of nitrogens with one attached hydrogen (secondary N) is 2. The molecular weight excluding hydrogens is 418 g/mol. The average molecular weight is 446 g/mol. The number of rotatable bonds is 8. The Morgan fingerprint density at radius 1 is 1.19 bits per heavy atom. The lowest BCUT2D eigenvalue weighted by Crippen LogP contribution is -2.47. The fourth-order valence-corrected chi connectivity index (χ4v) is 4.17. The number of benzene rings is 1. The molecule has 0 bridgehead atoms. The summed E-state index contributed by atoms with van der Waals surface area (Å²) in [7, 11) is 0. The van der Waals surface area contributed by atoms with Gasteiger partial charge in [0.1, 0.15) is 24.2 Å². The van der Waals surface area contributed by atoms with Crippen molar-refractivity contribution in [1.82, 2.24) is 15.6 Å². The molecule has 8 heteroatoms. The van der Waals surface area contributed by atoms with Crippen molar-refractivity contribution in [3.05, 3.63) is 53.3 Å². The maximum absolute atomic E-state index is 12.6. The molecule has 2 aromatic rings. The first-order valence-corrected chi connectivity index (χ1v) is 11.1. The quantitative estimate of drug-likeness (QED) is 0.578. The van der Waals surface area contributed by atoms with Gasteiger partial charge in [-0.2, -0.15) is 0 Å². The molecule has 1 amide bonds. The number of hydrogen-bond donors (Lipinski definition) is 3. The van der Waals surface area contributed by atoms with Gasteiger partial charge >= 0.3 is 0 Å². The molecule has 2 unspecified atom stereocenters. The first-order valence-electron chi connectivity index (χ1n) is 10.8. The number of aromatic nitrogens is 1. The number of carbonyl (C=O) groups excluding carboxylic acids is 1. The van der Waals surface area contributed by atoms with Gasteiger partial charge < -0.3 is 25.2 Å². The van der Waals surface area contributed by atoms with Crippen LogP contribution in [0.1, 0.15) is 31.2 Å². The van der Waals surface area contributed by atoms with Gasteiger partial charge in [-0.15, -0.1) is 0 Å². The first kappa shape index (κ1) is 21.9. The molecule has 0 radical (unpaired) electrons. The topological polar surface area (TPSA) is 92.7 Å². The van der Waals surface area contributed by atoms with Gasteiger partial charge in [-0.3, -0.25) is 9.78 Å². The van der Waals surface area contributed by atoms with Crippen molar-refractivity contribution in [2.24, 2.45) is 0 Å². The van der Waals surface area contributed by atoms with Crippen molar-refractivity contribution in [3.63, 3.8) is 0 Å². The van der Waals surface area contributed by atoms with E-state index in [0.717, 1.165) is 31.2 Å². The second-order valence-electron chi connectivity index (χ2n) is 8.18. The van der Waals surface area contributed by atoms with Crippen LogP contribution in [0.15, 0.2) is 42.7 Å². The lowest BCUT2D eigenvalue weighted by molar-refractivity contribution is -0.128. The van der Waals surface area contributed by atoms with Crippen LogP contribution in [-0.2, 0) is 11.2 Å². The molecule has 1 aliphatic heterocycles. The highest BCUT2D eigenvalue weighted by Crippen LogP contribution is 2.28. The summed E-state index contributed by atoms with van der Waals surface area (Å²) in [5.41, 5.74) is 1.03. The number of carbonyl (C=O) groups is 1. The van der Waals surface area contributed by atoms with E-state index in [4.69, 9.17) is 21.1 Å². The zero-order valence-electron chi connectivity index (χ0n) is 17.3. The Morgan fingerprint density at radius 2 is 1.94 bits per heavy atom. The van der Waals surface area contributed by atoms with Crippen LogP contribution >= 0.6 is 11.6 Å². The van der Waals surface area contributed by atoms with Crippen molar-refractivity contribution in [2.45, 2.75) is 56.4 Å². The molecule has 0 spiro atoms. The summed E-state index contributed by atoms with van der Waals surface area (Å²) in [5, 5.41) is 17.4. The fourth-order valence-electron chi connectivity index (χ4n) is 4.05. The molecule has 2 atom stereocenters. The van der Waals surface area contributed by atoms with Crippen molar-refractivity contribution in [3.8, 4) is 11.5 Å². The van der Waals surface area contributed by atoms with E-state index in [1.54, 1.807) is 36.7 Å². The van der Waals surface area contributed by atoms with Crippen molar-refractivity contribution in [2.75, 3.05) is 13.2 Å². The Morgan fingerprint density at radius 3 is 2.68 bits per heavy atom. The average Bonchev–Trinajstić information content (AvgIpc) is 3.23. The maximum atomic E-state index is 12.6. The zero-order valence-corrected chi connectivity index (χ0v) is 18.1. The normalized spacial score (nSPS) is 23.5. The van der Waals surface area contributed by atoms with Gasteiger partial charge in [0.25, 0.3) is 5.91 Å². The minimum absolute atomic E-state index is 0.0534. The van der Waals surface area contributed by atoms with E-state index < -0.39 is 12.2 Å². The number of ether oxygens (including phenoxy) is 2. The highest BCUT2D eigenvalue weighted by molar-refractivity contribution is 6.30. The van der Waals surface area contributed by atoms with Gasteiger partial charge in [0.05, 0.1) is 6.20 Å². The van der Waals surface area contributed by atoms with Crippen LogP contribution in [-0.4, -0.2) is 53.4 Å². The summed E-state index contributed by atoms with van der Waals surface area (Å²) in [5.74, 6) is 1.34. The van der Waals surface area contributed by atoms with Crippen molar-refractivity contribution >= 4 is 17.5 Å². The van der Waals surface area contributed by atoms with E-state index >= 15 is 0 Å². The monoisotopic (exact) mass is 445 g/mol. The van der Waals surface area contributed by atoms with Gasteiger partial charge in [0, 0.05) is 41.8 Å². The molecule has 7 nitrogen and oxygen atoms in total. The SMILES string of the molecule is O=C(N[C@H]1CC[C@H](NCC(O)COc2ccc(Cl)cc2)CC1)C1Cc2ccncc2O1. The van der Waals surface area contributed by atoms with E-state index in [0.29, 0.717) is 35.5 Å². The highest BCUT2D eigenvalue weighted by atomic mass is 35.5. The summed E-state index contributed by atoms with van der Waals surface area (Å²) in [4.78, 5) is 16.6. The van der Waals surface area contributed by atoms with Gasteiger partial charge in [-0.25, -0.2) is 0 Å². The molecule has 1 aromatic heterocycles. The summed E-state index contributed by atoms with van der Waals surface area (Å²) >= 11 is 5.85. The molecule has 4 rings (SSSR count). The van der Waals surface area contributed by atoms with Crippen LogP contribution in [0.25, 0.3) is 0 Å². The smallest absolute Gasteiger partial charge is 0.261 e. The number of amides is 1. The molecule has 2 aliphatic rings. The predicted molar refractivity (Wildman–Crippen MR) is 118 cm³/mol. The van der Waals surface area contributed by atoms with Crippen LogP contribution < -0.4 is 20.1 Å². The lowest BCUT2D eigenvalue weighted by atomic mass is 9.91. The summed E-state index contributed by atoms with van der Waals surface area (Å²) in [6.07, 6.45) is 6.62. The number of pyridine rings is 1. The second kappa shape index (κ2) is 10.3. The van der Waals surface area contributed by atoms with Crippen LogP contribution in [0.4, 0.5) is 0 Å². The Bertz CT molecular complexity index is 846. The minimum Gasteiger partial charge on any atom is -0.491 e. The summed E-state index contributed by atoms with van der Waals surface area (Å²) < 4.78 is 11.3. The minimum atomic E-state index is -0.594. The zero-order chi connectivity index (χ0) is 21.6. The molecule has 31 heavy (non-hydrogen) atoms. The van der Waals surface area contributed by atoms with E-state index in [9.17, 15) is 9.90 Å². The third kappa shape index (κ3) is 6.09. The summed E-state index contributed by atoms with van der Waals surface area (Å²) in [6, 6.07) is 9.47. The van der Waals surface area contributed by atoms with Gasteiger partial charge in [0.15, 0.2) is 6.10 Å². The molecule has 166 valence electrons. The van der Waals surface area contributed by atoms with Crippen molar-refractivity contribution < 1.29 is 19.4 Å². The van der Waals surface area contributed by atoms with Crippen LogP contribution in [0, 0.1) is 0 Å². The molecule has 1 fully saturated rings. The molecule has 2 heterocycles. The lowest BCUT2D eigenvalue weighted by Gasteiger charge is -2.30. The van der Waals surface area contributed by atoms with Crippen LogP contribution in [0.5, 0.6) is 11.5 Å². The number of nitrogens with zero attached hydrogens (tertiary/aromatic N) is 1. The number of aliphatic hydroxyl groups is 1. The van der Waals surface area contributed by atoms with Gasteiger partial charge in [-0.1, -0.05) is 11.6 Å². The fraction of sp³-hybridized carbons (Fsp3) is 0.478. The molecule has 1 aromatic carbocycles. The largest absolute Gasteiger partial charge is 0.491 e. The van der Waals surface area contributed by atoms with Gasteiger partial charge in [0.2, 0.25) is 0 Å². The Hall–Kier alpha value is -2.35. The molecule has 3 N–H and O–H groups in total. The Labute approximate surface area is 187 Å². The van der Waals surface area contributed by atoms with E-state index in [2.05, 4.69) is 15.6 Å². The molecule has 1 aliphatic carbocycles. The predicted octanol–water partition coefficient (Wildman–Crippen LogP) is 2.50. The first-order chi connectivity index (χ1) is 15.1. The number of fused-ring (bicyclic) bond motifs is 1.